The fourth-order valence-electron chi connectivity index (χ4n) is 2.56. The molecular weight excluding hydrogens is 304 g/mol. The molecule has 0 unspecified atom stereocenters. The molecule has 1 fully saturated rings. The molecule has 7 nitrogen and oxygen atoms in total. The Labute approximate surface area is 133 Å². The van der Waals surface area contributed by atoms with Crippen molar-refractivity contribution >= 4 is 18.1 Å². The van der Waals surface area contributed by atoms with Gasteiger partial charge in [0, 0.05) is 43.8 Å². The number of hydrogen-bond acceptors (Lipinski definition) is 5. The number of imidazole rings is 1. The second-order valence-corrected chi connectivity index (χ2v) is 5.21. The zero-order chi connectivity index (χ0) is 14.2. The van der Waals surface area contributed by atoms with E-state index in [0.29, 0.717) is 6.01 Å². The number of nitrogens with zero attached hydrogens (tertiary/aromatic N) is 5. The van der Waals surface area contributed by atoms with Gasteiger partial charge in [0.1, 0.15) is 11.8 Å². The van der Waals surface area contributed by atoms with Crippen LogP contribution in [0.5, 0.6) is 6.01 Å². The lowest BCUT2D eigenvalue weighted by Crippen LogP contribution is -2.21. The summed E-state index contributed by atoms with van der Waals surface area (Å²) in [6, 6.07) is 2.52. The third-order valence-electron chi connectivity index (χ3n) is 3.65. The van der Waals surface area contributed by atoms with E-state index in [0.717, 1.165) is 36.4 Å². The highest BCUT2D eigenvalue weighted by atomic mass is 35.5. The fourth-order valence-corrected chi connectivity index (χ4v) is 2.56. The standard InChI is InChI=1S/C14H16N6O.ClH/c1-19-9-10(7-17-19)12-6-13-16-4-5-20(13)14(18-12)21-11-2-3-15-8-11;/h4-7,9,11,15H,2-3,8H2,1H3;1H/t11-;/m1./s1. The van der Waals surface area contributed by atoms with E-state index in [4.69, 9.17) is 4.74 Å². The summed E-state index contributed by atoms with van der Waals surface area (Å²) in [5.74, 6) is 0. The number of nitrogens with one attached hydrogen (secondary N) is 1. The molecule has 1 atom stereocenters. The molecule has 1 N–H and O–H groups in total. The van der Waals surface area contributed by atoms with Crippen LogP contribution in [0.15, 0.2) is 30.9 Å². The van der Waals surface area contributed by atoms with Crippen LogP contribution in [0.4, 0.5) is 0 Å². The van der Waals surface area contributed by atoms with Gasteiger partial charge in [0.15, 0.2) is 0 Å². The Morgan fingerprint density at radius 1 is 1.41 bits per heavy atom. The van der Waals surface area contributed by atoms with Crippen LogP contribution in [0, 0.1) is 0 Å². The summed E-state index contributed by atoms with van der Waals surface area (Å²) in [4.78, 5) is 8.99. The molecule has 0 radical (unpaired) electrons. The summed E-state index contributed by atoms with van der Waals surface area (Å²) < 4.78 is 9.67. The SMILES string of the molecule is Cl.Cn1cc(-c2cc3nccn3c(O[C@@H]3CCNC3)n2)cn1. The van der Waals surface area contributed by atoms with E-state index in [2.05, 4.69) is 20.4 Å². The monoisotopic (exact) mass is 320 g/mol. The van der Waals surface area contributed by atoms with Crippen LogP contribution in [-0.2, 0) is 7.05 Å². The molecule has 4 rings (SSSR count). The highest BCUT2D eigenvalue weighted by Gasteiger charge is 2.19. The summed E-state index contributed by atoms with van der Waals surface area (Å²) in [5, 5.41) is 7.49. The van der Waals surface area contributed by atoms with Crippen LogP contribution in [-0.4, -0.2) is 43.3 Å². The average molecular weight is 321 g/mol. The van der Waals surface area contributed by atoms with Crippen LogP contribution < -0.4 is 10.1 Å². The molecule has 0 saturated carbocycles. The summed E-state index contributed by atoms with van der Waals surface area (Å²) >= 11 is 0. The average Bonchev–Trinajstić information content (AvgIpc) is 3.18. The van der Waals surface area contributed by atoms with Gasteiger partial charge in [0.05, 0.1) is 11.9 Å². The van der Waals surface area contributed by atoms with E-state index in [1.165, 1.54) is 0 Å². The van der Waals surface area contributed by atoms with Gasteiger partial charge in [-0.15, -0.1) is 12.4 Å². The largest absolute Gasteiger partial charge is 0.460 e. The second-order valence-electron chi connectivity index (χ2n) is 5.21. The highest BCUT2D eigenvalue weighted by molar-refractivity contribution is 5.85. The number of halogens is 1. The Kier molecular flexibility index (Phi) is 4.00. The maximum atomic E-state index is 6.04. The van der Waals surface area contributed by atoms with Crippen LogP contribution >= 0.6 is 12.4 Å². The first-order valence-corrected chi connectivity index (χ1v) is 7.00. The molecular formula is C14H17ClN6O. The molecule has 116 valence electrons. The Hall–Kier alpha value is -2.12. The molecule has 1 aliphatic heterocycles. The van der Waals surface area contributed by atoms with Crippen molar-refractivity contribution in [1.29, 1.82) is 0 Å². The first-order chi connectivity index (χ1) is 10.3. The lowest BCUT2D eigenvalue weighted by molar-refractivity contribution is 0.202. The van der Waals surface area contributed by atoms with Crippen LogP contribution in [0.2, 0.25) is 0 Å². The number of fused-ring (bicyclic) bond motifs is 1. The Balaban J connectivity index is 0.00000144. The number of aryl methyl sites for hydroxylation is 1. The summed E-state index contributed by atoms with van der Waals surface area (Å²) in [6.07, 6.45) is 8.50. The van der Waals surface area contributed by atoms with Crippen molar-refractivity contribution in [1.82, 2.24) is 29.5 Å². The molecule has 3 aromatic heterocycles. The van der Waals surface area contributed by atoms with E-state index in [-0.39, 0.29) is 18.5 Å². The second kappa shape index (κ2) is 5.94. The van der Waals surface area contributed by atoms with Gasteiger partial charge in [-0.2, -0.15) is 10.1 Å². The quantitative estimate of drug-likeness (QED) is 0.787. The van der Waals surface area contributed by atoms with E-state index in [9.17, 15) is 0 Å². The molecule has 4 heterocycles. The molecule has 0 aromatic carbocycles. The van der Waals surface area contributed by atoms with Crippen molar-refractivity contribution in [2.24, 2.45) is 7.05 Å². The minimum atomic E-state index is 0. The van der Waals surface area contributed by atoms with Gasteiger partial charge >= 0.3 is 6.01 Å². The van der Waals surface area contributed by atoms with Crippen molar-refractivity contribution in [2.45, 2.75) is 12.5 Å². The lowest BCUT2D eigenvalue weighted by atomic mass is 10.2. The molecule has 1 aliphatic rings. The van der Waals surface area contributed by atoms with Crippen molar-refractivity contribution in [3.05, 3.63) is 30.9 Å². The van der Waals surface area contributed by atoms with Crippen LogP contribution in [0.3, 0.4) is 0 Å². The maximum Gasteiger partial charge on any atom is 0.303 e. The number of ether oxygens (including phenoxy) is 1. The van der Waals surface area contributed by atoms with Gasteiger partial charge in [-0.05, 0) is 13.0 Å². The lowest BCUT2D eigenvalue weighted by Gasteiger charge is -2.13. The first kappa shape index (κ1) is 14.8. The van der Waals surface area contributed by atoms with Gasteiger partial charge < -0.3 is 10.1 Å². The van der Waals surface area contributed by atoms with Gasteiger partial charge in [0.25, 0.3) is 0 Å². The summed E-state index contributed by atoms with van der Waals surface area (Å²) in [6.45, 7) is 1.84. The summed E-state index contributed by atoms with van der Waals surface area (Å²) in [5.41, 5.74) is 2.60. The van der Waals surface area contributed by atoms with E-state index in [1.807, 2.05) is 29.9 Å². The van der Waals surface area contributed by atoms with Gasteiger partial charge in [-0.25, -0.2) is 4.98 Å². The molecule has 22 heavy (non-hydrogen) atoms. The smallest absolute Gasteiger partial charge is 0.303 e. The molecule has 1 saturated heterocycles. The van der Waals surface area contributed by atoms with Crippen LogP contribution in [0.1, 0.15) is 6.42 Å². The predicted octanol–water partition coefficient (Wildman–Crippen LogP) is 1.29. The van der Waals surface area contributed by atoms with Crippen molar-refractivity contribution in [3.63, 3.8) is 0 Å². The summed E-state index contributed by atoms with van der Waals surface area (Å²) in [7, 11) is 1.89. The predicted molar refractivity (Wildman–Crippen MR) is 84.3 cm³/mol. The third-order valence-corrected chi connectivity index (χ3v) is 3.65. The third kappa shape index (κ3) is 2.65. The first-order valence-electron chi connectivity index (χ1n) is 7.00. The normalized spacial score (nSPS) is 17.6. The Morgan fingerprint density at radius 2 is 2.32 bits per heavy atom. The topological polar surface area (TPSA) is 69.3 Å². The molecule has 8 heteroatoms. The minimum absolute atomic E-state index is 0. The molecule has 0 spiro atoms. The van der Waals surface area contributed by atoms with Crippen molar-refractivity contribution < 1.29 is 4.74 Å². The minimum Gasteiger partial charge on any atom is -0.460 e. The van der Waals surface area contributed by atoms with E-state index < -0.39 is 0 Å². The highest BCUT2D eigenvalue weighted by Crippen LogP contribution is 2.23. The number of aromatic nitrogens is 5. The van der Waals surface area contributed by atoms with Gasteiger partial charge in [-0.1, -0.05) is 0 Å². The molecule has 0 bridgehead atoms. The molecule has 3 aromatic rings. The van der Waals surface area contributed by atoms with Crippen molar-refractivity contribution in [3.8, 4) is 17.3 Å². The number of rotatable bonds is 3. The van der Waals surface area contributed by atoms with E-state index in [1.54, 1.807) is 17.1 Å². The fraction of sp³-hybridized carbons (Fsp3) is 0.357. The zero-order valence-electron chi connectivity index (χ0n) is 12.1. The van der Waals surface area contributed by atoms with Crippen LogP contribution in [0.25, 0.3) is 16.9 Å². The molecule has 0 aliphatic carbocycles. The van der Waals surface area contributed by atoms with Gasteiger partial charge in [-0.3, -0.25) is 9.08 Å². The maximum absolute atomic E-state index is 6.04. The Bertz CT molecular complexity index is 777. The molecule has 0 amide bonds. The van der Waals surface area contributed by atoms with Gasteiger partial charge in [0.2, 0.25) is 0 Å². The number of hydrogen-bond donors (Lipinski definition) is 1. The van der Waals surface area contributed by atoms with Crippen molar-refractivity contribution in [2.75, 3.05) is 13.1 Å². The van der Waals surface area contributed by atoms with E-state index >= 15 is 0 Å². The Morgan fingerprint density at radius 3 is 3.05 bits per heavy atom. The zero-order valence-corrected chi connectivity index (χ0v) is 13.0.